The van der Waals surface area contributed by atoms with E-state index in [2.05, 4.69) is 30.6 Å². The Bertz CT molecular complexity index is 1220. The summed E-state index contributed by atoms with van der Waals surface area (Å²) < 4.78 is 52.4. The van der Waals surface area contributed by atoms with E-state index in [1.165, 1.54) is 37.7 Å². The van der Waals surface area contributed by atoms with E-state index < -0.39 is 17.6 Å². The zero-order chi connectivity index (χ0) is 24.1. The maximum Gasteiger partial charge on any atom is 0.416 e. The normalized spacial score (nSPS) is 18.4. The van der Waals surface area contributed by atoms with Crippen LogP contribution >= 0.6 is 0 Å². The molecule has 3 aromatic rings. The maximum atomic E-state index is 14.1. The average Bonchev–Trinajstić information content (AvgIpc) is 2.82. The van der Waals surface area contributed by atoms with Crippen LogP contribution in [0, 0.1) is 29.5 Å². The third-order valence-corrected chi connectivity index (χ3v) is 6.88. The lowest BCUT2D eigenvalue weighted by molar-refractivity contribution is -0.137. The Morgan fingerprint density at radius 2 is 1.62 bits per heavy atom. The third kappa shape index (κ3) is 5.89. The molecule has 4 heteroatoms. The molecule has 0 unspecified atom stereocenters. The second kappa shape index (κ2) is 10.5. The molecule has 1 aliphatic carbocycles. The lowest BCUT2D eigenvalue weighted by Gasteiger charge is -2.27. The number of hydrogen-bond donors (Lipinski definition) is 0. The van der Waals surface area contributed by atoms with Crippen LogP contribution in [0.5, 0.6) is 0 Å². The summed E-state index contributed by atoms with van der Waals surface area (Å²) in [5.74, 6) is 6.27. The average molecular weight is 465 g/mol. The van der Waals surface area contributed by atoms with Gasteiger partial charge in [-0.3, -0.25) is 0 Å². The number of hydrogen-bond acceptors (Lipinski definition) is 0. The first kappa shape index (κ1) is 24.1. The van der Waals surface area contributed by atoms with Crippen LogP contribution in [0.3, 0.4) is 0 Å². The Labute approximate surface area is 198 Å². The van der Waals surface area contributed by atoms with Gasteiger partial charge in [0.15, 0.2) is 0 Å². The molecule has 0 aromatic heterocycles. The molecule has 34 heavy (non-hydrogen) atoms. The summed E-state index contributed by atoms with van der Waals surface area (Å²) in [6, 6.07) is 14.6. The fourth-order valence-electron chi connectivity index (χ4n) is 4.89. The quantitative estimate of drug-likeness (QED) is 0.201. The van der Waals surface area contributed by atoms with Gasteiger partial charge in [0, 0.05) is 5.56 Å². The van der Waals surface area contributed by atoms with Gasteiger partial charge < -0.3 is 0 Å². The summed E-state index contributed by atoms with van der Waals surface area (Å²) in [6.45, 7) is 3.86. The van der Waals surface area contributed by atoms with E-state index in [-0.39, 0.29) is 5.56 Å². The summed E-state index contributed by atoms with van der Waals surface area (Å²) in [5.41, 5.74) is 0.950. The first-order valence-corrected chi connectivity index (χ1v) is 11.8. The number of fused-ring (bicyclic) bond motifs is 1. The molecule has 176 valence electrons. The minimum atomic E-state index is -4.58. The van der Waals surface area contributed by atoms with Gasteiger partial charge in [0.05, 0.1) is 11.1 Å². The summed E-state index contributed by atoms with van der Waals surface area (Å²) in [7, 11) is 0. The van der Waals surface area contributed by atoms with E-state index in [1.807, 2.05) is 30.3 Å². The van der Waals surface area contributed by atoms with Crippen molar-refractivity contribution < 1.29 is 17.6 Å². The number of allylic oxidation sites excluding steroid dienone is 1. The SMILES string of the molecule is C=CCC1CCC(CCc2ccc3c(C#Cc4ccc(C(F)(F)F)cc4F)cccc3c2)CC1. The Morgan fingerprint density at radius 1 is 0.882 bits per heavy atom. The summed E-state index contributed by atoms with van der Waals surface area (Å²) in [4.78, 5) is 0. The van der Waals surface area contributed by atoms with Gasteiger partial charge in [-0.05, 0) is 84.5 Å². The van der Waals surface area contributed by atoms with Gasteiger partial charge in [0.2, 0.25) is 0 Å². The second-order valence-electron chi connectivity index (χ2n) is 9.25. The van der Waals surface area contributed by atoms with Crippen molar-refractivity contribution in [2.75, 3.05) is 0 Å². The minimum absolute atomic E-state index is 0.0514. The van der Waals surface area contributed by atoms with Gasteiger partial charge in [0.1, 0.15) is 5.82 Å². The van der Waals surface area contributed by atoms with Crippen molar-refractivity contribution in [2.45, 2.75) is 51.1 Å². The summed E-state index contributed by atoms with van der Waals surface area (Å²) in [6.07, 6.45) is 6.03. The summed E-state index contributed by atoms with van der Waals surface area (Å²) in [5, 5.41) is 2.02. The molecular weight excluding hydrogens is 436 g/mol. The number of rotatable bonds is 5. The number of benzene rings is 3. The van der Waals surface area contributed by atoms with E-state index in [0.29, 0.717) is 6.07 Å². The fraction of sp³-hybridized carbons (Fsp3) is 0.333. The molecule has 0 bridgehead atoms. The molecule has 1 fully saturated rings. The van der Waals surface area contributed by atoms with Crippen molar-refractivity contribution in [3.8, 4) is 11.8 Å². The van der Waals surface area contributed by atoms with Crippen molar-refractivity contribution in [2.24, 2.45) is 11.8 Å². The zero-order valence-electron chi connectivity index (χ0n) is 19.1. The van der Waals surface area contributed by atoms with Gasteiger partial charge in [0.25, 0.3) is 0 Å². The topological polar surface area (TPSA) is 0 Å². The highest BCUT2D eigenvalue weighted by molar-refractivity contribution is 5.88. The van der Waals surface area contributed by atoms with Crippen molar-refractivity contribution in [3.05, 3.63) is 95.3 Å². The van der Waals surface area contributed by atoms with E-state index in [4.69, 9.17) is 0 Å². The lowest BCUT2D eigenvalue weighted by Crippen LogP contribution is -2.14. The van der Waals surface area contributed by atoms with E-state index in [9.17, 15) is 17.6 Å². The number of aryl methyl sites for hydroxylation is 1. The number of alkyl halides is 3. The smallest absolute Gasteiger partial charge is 0.206 e. The monoisotopic (exact) mass is 464 g/mol. The highest BCUT2D eigenvalue weighted by atomic mass is 19.4. The maximum absolute atomic E-state index is 14.1. The van der Waals surface area contributed by atoms with Gasteiger partial charge in [-0.15, -0.1) is 6.58 Å². The zero-order valence-corrected chi connectivity index (χ0v) is 19.1. The molecule has 3 aromatic carbocycles. The molecule has 0 atom stereocenters. The van der Waals surface area contributed by atoms with Crippen LogP contribution in [0.15, 0.2) is 67.3 Å². The predicted molar refractivity (Wildman–Crippen MR) is 130 cm³/mol. The molecule has 0 saturated heterocycles. The first-order chi connectivity index (χ1) is 16.3. The van der Waals surface area contributed by atoms with Crippen molar-refractivity contribution in [1.29, 1.82) is 0 Å². The molecule has 0 N–H and O–H groups in total. The summed E-state index contributed by atoms with van der Waals surface area (Å²) >= 11 is 0. The van der Waals surface area contributed by atoms with Gasteiger partial charge >= 0.3 is 6.18 Å². The van der Waals surface area contributed by atoms with Crippen LogP contribution in [0.25, 0.3) is 10.8 Å². The van der Waals surface area contributed by atoms with E-state index >= 15 is 0 Å². The van der Waals surface area contributed by atoms with E-state index in [1.54, 1.807) is 0 Å². The molecule has 0 aliphatic heterocycles. The molecular formula is C30H28F4. The van der Waals surface area contributed by atoms with Crippen LogP contribution in [-0.4, -0.2) is 0 Å². The van der Waals surface area contributed by atoms with Crippen LogP contribution in [0.2, 0.25) is 0 Å². The molecule has 1 aliphatic rings. The Morgan fingerprint density at radius 3 is 2.32 bits per heavy atom. The highest BCUT2D eigenvalue weighted by Crippen LogP contribution is 2.34. The molecule has 0 heterocycles. The lowest BCUT2D eigenvalue weighted by atomic mass is 9.78. The van der Waals surface area contributed by atoms with Crippen molar-refractivity contribution >= 4 is 10.8 Å². The van der Waals surface area contributed by atoms with Crippen LogP contribution in [-0.2, 0) is 12.6 Å². The van der Waals surface area contributed by atoms with E-state index in [0.717, 1.165) is 53.1 Å². The van der Waals surface area contributed by atoms with Crippen LogP contribution < -0.4 is 0 Å². The molecule has 1 saturated carbocycles. The number of halogens is 4. The Balaban J connectivity index is 1.46. The predicted octanol–water partition coefficient (Wildman–Crippen LogP) is 8.71. The Hall–Kier alpha value is -3.06. The third-order valence-electron chi connectivity index (χ3n) is 6.88. The van der Waals surface area contributed by atoms with Gasteiger partial charge in [-0.1, -0.05) is 61.1 Å². The molecule has 0 spiro atoms. The second-order valence-corrected chi connectivity index (χ2v) is 9.25. The standard InChI is InChI=1S/C30H28F4/c1-2-4-21-7-9-22(10-8-21)11-12-23-13-18-28-24(5-3-6-26(28)19-23)14-15-25-16-17-27(20-29(25)31)30(32,33)34/h2-3,5-6,13,16-22H,1,4,7-12H2. The van der Waals surface area contributed by atoms with Crippen LogP contribution in [0.1, 0.15) is 60.8 Å². The molecule has 0 radical (unpaired) electrons. The van der Waals surface area contributed by atoms with Crippen molar-refractivity contribution in [3.63, 3.8) is 0 Å². The van der Waals surface area contributed by atoms with Gasteiger partial charge in [-0.25, -0.2) is 4.39 Å². The molecule has 0 nitrogen and oxygen atoms in total. The van der Waals surface area contributed by atoms with Gasteiger partial charge in [-0.2, -0.15) is 13.2 Å². The highest BCUT2D eigenvalue weighted by Gasteiger charge is 2.31. The first-order valence-electron chi connectivity index (χ1n) is 11.8. The molecule has 4 rings (SSSR count). The van der Waals surface area contributed by atoms with Crippen molar-refractivity contribution in [1.82, 2.24) is 0 Å². The Kier molecular flexibility index (Phi) is 7.41. The fourth-order valence-corrected chi connectivity index (χ4v) is 4.89. The van der Waals surface area contributed by atoms with Crippen LogP contribution in [0.4, 0.5) is 17.6 Å². The molecule has 0 amide bonds. The minimum Gasteiger partial charge on any atom is -0.206 e. The largest absolute Gasteiger partial charge is 0.416 e.